The number of likely N-dealkylation sites (tertiary alicyclic amines) is 1. The molecular weight excluding hydrogens is 318 g/mol. The number of hydrogen-bond donors (Lipinski definition) is 0. The smallest absolute Gasteiger partial charge is 0.435 e. The molecule has 1 fully saturated rings. The van der Waals surface area contributed by atoms with Crippen LogP contribution in [0.1, 0.15) is 50.3 Å². The van der Waals surface area contributed by atoms with Crippen molar-refractivity contribution in [1.29, 1.82) is 0 Å². The van der Waals surface area contributed by atoms with Crippen molar-refractivity contribution in [3.63, 3.8) is 0 Å². The van der Waals surface area contributed by atoms with Gasteiger partial charge in [-0.3, -0.25) is 4.79 Å². The predicted octanol–water partition coefficient (Wildman–Crippen LogP) is 3.99. The molecule has 0 saturated carbocycles. The molecule has 0 aromatic heterocycles. The lowest BCUT2D eigenvalue weighted by atomic mass is 9.91. The molecule has 1 saturated heterocycles. The van der Waals surface area contributed by atoms with E-state index >= 15 is 0 Å². The SMILES string of the molecule is CCOC(=O)OC1CC(C)CC(C)N1C(=O)Cc1c(C)cccc1C. The Morgan fingerprint density at radius 3 is 2.40 bits per heavy atom. The predicted molar refractivity (Wildman–Crippen MR) is 96.2 cm³/mol. The molecule has 1 aromatic carbocycles. The Morgan fingerprint density at radius 2 is 1.80 bits per heavy atom. The number of aryl methyl sites for hydroxylation is 2. The molecule has 0 aliphatic carbocycles. The van der Waals surface area contributed by atoms with E-state index in [9.17, 15) is 9.59 Å². The first-order chi connectivity index (χ1) is 11.8. The molecule has 1 amide bonds. The second-order valence-electron chi connectivity index (χ2n) is 7.03. The number of amides is 1. The lowest BCUT2D eigenvalue weighted by Gasteiger charge is -2.42. The molecule has 0 spiro atoms. The molecule has 3 unspecified atom stereocenters. The van der Waals surface area contributed by atoms with Crippen LogP contribution in [0.3, 0.4) is 0 Å². The molecule has 3 atom stereocenters. The number of ether oxygens (including phenoxy) is 2. The van der Waals surface area contributed by atoms with Crippen molar-refractivity contribution in [3.05, 3.63) is 34.9 Å². The summed E-state index contributed by atoms with van der Waals surface area (Å²) in [5.41, 5.74) is 3.26. The zero-order chi connectivity index (χ0) is 18.6. The standard InChI is InChI=1S/C20H29NO4/c1-6-24-20(23)25-19-11-13(2)10-16(5)21(19)18(22)12-17-14(3)8-7-9-15(17)4/h7-9,13,16,19H,6,10-12H2,1-5H3. The summed E-state index contributed by atoms with van der Waals surface area (Å²) in [6.45, 7) is 10.2. The van der Waals surface area contributed by atoms with Crippen molar-refractivity contribution in [3.8, 4) is 0 Å². The quantitative estimate of drug-likeness (QED) is 0.773. The monoisotopic (exact) mass is 347 g/mol. The number of benzene rings is 1. The van der Waals surface area contributed by atoms with E-state index in [1.54, 1.807) is 11.8 Å². The molecule has 1 aromatic rings. The van der Waals surface area contributed by atoms with Gasteiger partial charge in [0.05, 0.1) is 13.0 Å². The van der Waals surface area contributed by atoms with Crippen LogP contribution in [0.15, 0.2) is 18.2 Å². The minimum Gasteiger partial charge on any atom is -0.435 e. The van der Waals surface area contributed by atoms with Gasteiger partial charge in [0, 0.05) is 12.5 Å². The summed E-state index contributed by atoms with van der Waals surface area (Å²) in [6, 6.07) is 6.06. The molecule has 1 heterocycles. The van der Waals surface area contributed by atoms with Gasteiger partial charge in [0.15, 0.2) is 6.23 Å². The molecule has 0 bridgehead atoms. The third-order valence-electron chi connectivity index (χ3n) is 4.89. The molecule has 1 aliphatic heterocycles. The first kappa shape index (κ1) is 19.3. The summed E-state index contributed by atoms with van der Waals surface area (Å²) in [5, 5.41) is 0. The van der Waals surface area contributed by atoms with Gasteiger partial charge in [-0.25, -0.2) is 4.79 Å². The van der Waals surface area contributed by atoms with E-state index in [1.165, 1.54) is 0 Å². The van der Waals surface area contributed by atoms with E-state index in [4.69, 9.17) is 9.47 Å². The molecule has 2 rings (SSSR count). The van der Waals surface area contributed by atoms with Crippen molar-refractivity contribution in [2.24, 2.45) is 5.92 Å². The van der Waals surface area contributed by atoms with Crippen LogP contribution in [-0.2, 0) is 20.7 Å². The maximum atomic E-state index is 13.0. The lowest BCUT2D eigenvalue weighted by molar-refractivity contribution is -0.153. The topological polar surface area (TPSA) is 55.8 Å². The zero-order valence-electron chi connectivity index (χ0n) is 15.9. The van der Waals surface area contributed by atoms with Gasteiger partial charge < -0.3 is 14.4 Å². The van der Waals surface area contributed by atoms with Gasteiger partial charge in [0.1, 0.15) is 0 Å². The highest BCUT2D eigenvalue weighted by molar-refractivity contribution is 5.80. The van der Waals surface area contributed by atoms with E-state index < -0.39 is 12.4 Å². The molecule has 0 N–H and O–H groups in total. The van der Waals surface area contributed by atoms with Crippen LogP contribution in [0.4, 0.5) is 4.79 Å². The lowest BCUT2D eigenvalue weighted by Crippen LogP contribution is -2.53. The van der Waals surface area contributed by atoms with Gasteiger partial charge in [0.25, 0.3) is 0 Å². The Hall–Kier alpha value is -2.04. The van der Waals surface area contributed by atoms with Crippen LogP contribution in [0.25, 0.3) is 0 Å². The van der Waals surface area contributed by atoms with Gasteiger partial charge >= 0.3 is 6.16 Å². The normalized spacial score (nSPS) is 23.2. The maximum absolute atomic E-state index is 13.0. The summed E-state index contributed by atoms with van der Waals surface area (Å²) in [4.78, 5) is 26.5. The van der Waals surface area contributed by atoms with E-state index in [0.717, 1.165) is 23.1 Å². The van der Waals surface area contributed by atoms with Crippen LogP contribution in [-0.4, -0.2) is 35.8 Å². The van der Waals surface area contributed by atoms with Gasteiger partial charge in [-0.2, -0.15) is 0 Å². The fourth-order valence-corrected chi connectivity index (χ4v) is 3.68. The zero-order valence-corrected chi connectivity index (χ0v) is 15.9. The number of piperidine rings is 1. The summed E-state index contributed by atoms with van der Waals surface area (Å²) in [7, 11) is 0. The first-order valence-electron chi connectivity index (χ1n) is 9.03. The summed E-state index contributed by atoms with van der Waals surface area (Å²) in [5.74, 6) is 0.379. The fourth-order valence-electron chi connectivity index (χ4n) is 3.68. The number of carbonyl (C=O) groups is 2. The Balaban J connectivity index is 2.19. The van der Waals surface area contributed by atoms with Gasteiger partial charge in [-0.1, -0.05) is 25.1 Å². The van der Waals surface area contributed by atoms with E-state index in [1.807, 2.05) is 39.0 Å². The van der Waals surface area contributed by atoms with Gasteiger partial charge in [-0.15, -0.1) is 0 Å². The summed E-state index contributed by atoms with van der Waals surface area (Å²) < 4.78 is 10.3. The molecule has 5 nitrogen and oxygen atoms in total. The molecule has 5 heteroatoms. The Morgan fingerprint density at radius 1 is 1.16 bits per heavy atom. The Labute approximate surface area is 150 Å². The molecule has 1 aliphatic rings. The highest BCUT2D eigenvalue weighted by Gasteiger charge is 2.37. The third-order valence-corrected chi connectivity index (χ3v) is 4.89. The van der Waals surface area contributed by atoms with Gasteiger partial charge in [0.2, 0.25) is 5.91 Å². The van der Waals surface area contributed by atoms with Gasteiger partial charge in [-0.05, 0) is 56.7 Å². The molecule has 138 valence electrons. The summed E-state index contributed by atoms with van der Waals surface area (Å²) >= 11 is 0. The Bertz CT molecular complexity index is 608. The Kier molecular flexibility index (Phi) is 6.45. The number of rotatable bonds is 4. The second-order valence-corrected chi connectivity index (χ2v) is 7.03. The van der Waals surface area contributed by atoms with Crippen molar-refractivity contribution in [2.75, 3.05) is 6.61 Å². The highest BCUT2D eigenvalue weighted by atomic mass is 16.7. The van der Waals surface area contributed by atoms with E-state index in [0.29, 0.717) is 18.8 Å². The minimum atomic E-state index is -0.710. The van der Waals surface area contributed by atoms with Crippen LogP contribution >= 0.6 is 0 Å². The number of hydrogen-bond acceptors (Lipinski definition) is 4. The molecule has 25 heavy (non-hydrogen) atoms. The molecule has 0 radical (unpaired) electrons. The van der Waals surface area contributed by atoms with E-state index in [-0.39, 0.29) is 18.6 Å². The fraction of sp³-hybridized carbons (Fsp3) is 0.600. The van der Waals surface area contributed by atoms with Crippen molar-refractivity contribution < 1.29 is 19.1 Å². The first-order valence-corrected chi connectivity index (χ1v) is 9.03. The number of carbonyl (C=O) groups excluding carboxylic acids is 2. The average Bonchev–Trinajstić information content (AvgIpc) is 2.50. The average molecular weight is 347 g/mol. The summed E-state index contributed by atoms with van der Waals surface area (Å²) in [6.07, 6.45) is 0.594. The van der Waals surface area contributed by atoms with Crippen LogP contribution in [0.2, 0.25) is 0 Å². The van der Waals surface area contributed by atoms with Crippen molar-refractivity contribution >= 4 is 12.1 Å². The number of nitrogens with zero attached hydrogens (tertiary/aromatic N) is 1. The molecular formula is C20H29NO4. The maximum Gasteiger partial charge on any atom is 0.510 e. The minimum absolute atomic E-state index is 0.00824. The third kappa shape index (κ3) is 4.74. The van der Waals surface area contributed by atoms with Crippen LogP contribution < -0.4 is 0 Å². The van der Waals surface area contributed by atoms with Crippen molar-refractivity contribution in [2.45, 2.75) is 66.2 Å². The van der Waals surface area contributed by atoms with E-state index in [2.05, 4.69) is 6.92 Å². The van der Waals surface area contributed by atoms with Crippen LogP contribution in [0.5, 0.6) is 0 Å². The highest BCUT2D eigenvalue weighted by Crippen LogP contribution is 2.29. The van der Waals surface area contributed by atoms with Crippen molar-refractivity contribution in [1.82, 2.24) is 4.90 Å². The second kappa shape index (κ2) is 8.37. The largest absolute Gasteiger partial charge is 0.510 e. The van der Waals surface area contributed by atoms with Crippen LogP contribution in [0, 0.1) is 19.8 Å².